The van der Waals surface area contributed by atoms with Gasteiger partial charge in [0.15, 0.2) is 5.82 Å². The van der Waals surface area contributed by atoms with Gasteiger partial charge in [-0.1, -0.05) is 12.1 Å². The van der Waals surface area contributed by atoms with Gasteiger partial charge in [0.1, 0.15) is 11.5 Å². The van der Waals surface area contributed by atoms with Crippen LogP contribution in [0.5, 0.6) is 0 Å². The highest BCUT2D eigenvalue weighted by molar-refractivity contribution is 5.98. The molecule has 2 N–H and O–H groups in total. The first-order valence-corrected chi connectivity index (χ1v) is 6.45. The monoisotopic (exact) mass is 284 g/mol. The minimum atomic E-state index is -0.289. The molecule has 0 radical (unpaired) electrons. The maximum atomic E-state index is 11.7. The summed E-state index contributed by atoms with van der Waals surface area (Å²) in [6.07, 6.45) is 4.80. The SMILES string of the molecule is CNC/C=C/C(=O)Nc1nc(C)nc(-c2ccccn2)n1. The van der Waals surface area contributed by atoms with Crippen LogP contribution in [-0.4, -0.2) is 39.4 Å². The number of aryl methyl sites for hydroxylation is 1. The Balaban J connectivity index is 2.18. The van der Waals surface area contributed by atoms with Crippen LogP contribution in [0.25, 0.3) is 11.5 Å². The van der Waals surface area contributed by atoms with Crippen LogP contribution in [0.15, 0.2) is 36.5 Å². The summed E-state index contributed by atoms with van der Waals surface area (Å²) < 4.78 is 0. The van der Waals surface area contributed by atoms with E-state index in [1.54, 1.807) is 32.3 Å². The maximum Gasteiger partial charge on any atom is 0.250 e. The lowest BCUT2D eigenvalue weighted by Crippen LogP contribution is -2.14. The lowest BCUT2D eigenvalue weighted by atomic mass is 10.3. The third-order valence-electron chi connectivity index (χ3n) is 2.47. The molecule has 0 fully saturated rings. The summed E-state index contributed by atoms with van der Waals surface area (Å²) in [4.78, 5) is 28.4. The molecule has 0 saturated heterocycles. The van der Waals surface area contributed by atoms with Crippen LogP contribution in [0.1, 0.15) is 5.82 Å². The van der Waals surface area contributed by atoms with Gasteiger partial charge in [-0.3, -0.25) is 15.1 Å². The highest BCUT2D eigenvalue weighted by atomic mass is 16.1. The predicted octanol–water partition coefficient (Wildman–Crippen LogP) is 0.956. The van der Waals surface area contributed by atoms with Crippen molar-refractivity contribution in [2.75, 3.05) is 18.9 Å². The molecule has 0 atom stereocenters. The zero-order valence-electron chi connectivity index (χ0n) is 11.9. The van der Waals surface area contributed by atoms with Crippen molar-refractivity contribution in [3.8, 4) is 11.5 Å². The average molecular weight is 284 g/mol. The highest BCUT2D eigenvalue weighted by Crippen LogP contribution is 2.12. The van der Waals surface area contributed by atoms with Crippen LogP contribution in [0.2, 0.25) is 0 Å². The third kappa shape index (κ3) is 4.43. The number of nitrogens with one attached hydrogen (secondary N) is 2. The largest absolute Gasteiger partial charge is 0.316 e. The maximum absolute atomic E-state index is 11.7. The second-order valence-electron chi connectivity index (χ2n) is 4.19. The molecule has 0 aliphatic heterocycles. The Bertz CT molecular complexity index is 641. The first-order chi connectivity index (χ1) is 10.2. The highest BCUT2D eigenvalue weighted by Gasteiger charge is 2.08. The van der Waals surface area contributed by atoms with E-state index in [2.05, 4.69) is 30.6 Å². The van der Waals surface area contributed by atoms with E-state index in [1.165, 1.54) is 6.08 Å². The van der Waals surface area contributed by atoms with Crippen molar-refractivity contribution in [3.05, 3.63) is 42.4 Å². The Kier molecular flexibility index (Phi) is 5.05. The zero-order valence-corrected chi connectivity index (χ0v) is 11.9. The molecular formula is C14H16N6O. The van der Waals surface area contributed by atoms with E-state index in [4.69, 9.17) is 0 Å². The summed E-state index contributed by atoms with van der Waals surface area (Å²) in [5.41, 5.74) is 0.629. The molecule has 7 heteroatoms. The van der Waals surface area contributed by atoms with Gasteiger partial charge in [-0.15, -0.1) is 0 Å². The molecule has 108 valence electrons. The second kappa shape index (κ2) is 7.20. The topological polar surface area (TPSA) is 92.7 Å². The summed E-state index contributed by atoms with van der Waals surface area (Å²) in [6, 6.07) is 5.46. The molecule has 0 aliphatic carbocycles. The van der Waals surface area contributed by atoms with E-state index in [0.29, 0.717) is 23.9 Å². The van der Waals surface area contributed by atoms with Crippen molar-refractivity contribution in [1.82, 2.24) is 25.3 Å². The predicted molar refractivity (Wildman–Crippen MR) is 79.5 cm³/mol. The Morgan fingerprint density at radius 1 is 1.29 bits per heavy atom. The average Bonchev–Trinajstić information content (AvgIpc) is 2.48. The quantitative estimate of drug-likeness (QED) is 0.794. The standard InChI is InChI=1S/C14H16N6O/c1-10-17-13(11-6-3-4-9-16-11)20-14(18-10)19-12(21)7-5-8-15-2/h3-7,9,15H,8H2,1-2H3,(H,17,18,19,20,21)/b7-5+. The van der Waals surface area contributed by atoms with Crippen LogP contribution in [0.4, 0.5) is 5.95 Å². The summed E-state index contributed by atoms with van der Waals surface area (Å²) in [6.45, 7) is 2.35. The molecule has 0 spiro atoms. The van der Waals surface area contributed by atoms with Crippen LogP contribution in [-0.2, 0) is 4.79 Å². The number of aromatic nitrogens is 4. The lowest BCUT2D eigenvalue weighted by molar-refractivity contribution is -0.112. The van der Waals surface area contributed by atoms with Crippen molar-refractivity contribution in [1.29, 1.82) is 0 Å². The Labute approximate surface area is 122 Å². The molecule has 0 unspecified atom stereocenters. The molecule has 2 aromatic heterocycles. The van der Waals surface area contributed by atoms with Crippen molar-refractivity contribution in [2.45, 2.75) is 6.92 Å². The fourth-order valence-corrected chi connectivity index (χ4v) is 1.58. The molecule has 21 heavy (non-hydrogen) atoms. The fraction of sp³-hybridized carbons (Fsp3) is 0.214. The normalized spacial score (nSPS) is 10.8. The molecule has 0 aromatic carbocycles. The molecule has 2 aromatic rings. The number of hydrogen-bond acceptors (Lipinski definition) is 6. The van der Waals surface area contributed by atoms with E-state index in [0.717, 1.165) is 0 Å². The summed E-state index contributed by atoms with van der Waals surface area (Å²) >= 11 is 0. The van der Waals surface area contributed by atoms with Crippen LogP contribution in [0.3, 0.4) is 0 Å². The number of pyridine rings is 1. The van der Waals surface area contributed by atoms with Crippen LogP contribution >= 0.6 is 0 Å². The summed E-state index contributed by atoms with van der Waals surface area (Å²) in [5.74, 6) is 0.864. The first kappa shape index (κ1) is 14.7. The van der Waals surface area contributed by atoms with Crippen LogP contribution in [0, 0.1) is 6.92 Å². The van der Waals surface area contributed by atoms with Crippen molar-refractivity contribution < 1.29 is 4.79 Å². The van der Waals surface area contributed by atoms with E-state index in [1.807, 2.05) is 12.1 Å². The molecule has 0 saturated carbocycles. The number of anilines is 1. The molecular weight excluding hydrogens is 268 g/mol. The third-order valence-corrected chi connectivity index (χ3v) is 2.47. The number of hydrogen-bond donors (Lipinski definition) is 2. The molecule has 7 nitrogen and oxygen atoms in total. The minimum Gasteiger partial charge on any atom is -0.316 e. The van der Waals surface area contributed by atoms with Gasteiger partial charge in [0.2, 0.25) is 11.9 Å². The number of carbonyl (C=O) groups is 1. The number of carbonyl (C=O) groups excluding carboxylic acids is 1. The fourth-order valence-electron chi connectivity index (χ4n) is 1.58. The molecule has 0 aliphatic rings. The summed E-state index contributed by atoms with van der Waals surface area (Å²) in [7, 11) is 1.80. The van der Waals surface area contributed by atoms with Gasteiger partial charge in [-0.25, -0.2) is 4.98 Å². The van der Waals surface area contributed by atoms with Gasteiger partial charge in [-0.2, -0.15) is 9.97 Å². The zero-order chi connectivity index (χ0) is 15.1. The lowest BCUT2D eigenvalue weighted by Gasteiger charge is -2.04. The van der Waals surface area contributed by atoms with Gasteiger partial charge in [0.25, 0.3) is 0 Å². The molecule has 2 rings (SSSR count). The number of nitrogens with zero attached hydrogens (tertiary/aromatic N) is 4. The smallest absolute Gasteiger partial charge is 0.250 e. The Morgan fingerprint density at radius 3 is 2.86 bits per heavy atom. The van der Waals surface area contributed by atoms with Gasteiger partial charge in [0.05, 0.1) is 0 Å². The second-order valence-corrected chi connectivity index (χ2v) is 4.19. The Hall–Kier alpha value is -2.67. The van der Waals surface area contributed by atoms with Crippen molar-refractivity contribution >= 4 is 11.9 Å². The van der Waals surface area contributed by atoms with E-state index < -0.39 is 0 Å². The number of rotatable bonds is 5. The van der Waals surface area contributed by atoms with Gasteiger partial charge in [0, 0.05) is 18.8 Å². The van der Waals surface area contributed by atoms with Gasteiger partial charge < -0.3 is 5.32 Å². The van der Waals surface area contributed by atoms with Gasteiger partial charge >= 0.3 is 0 Å². The van der Waals surface area contributed by atoms with E-state index in [-0.39, 0.29) is 11.9 Å². The number of likely N-dealkylation sites (N-methyl/N-ethyl adjacent to an activating group) is 1. The summed E-state index contributed by atoms with van der Waals surface area (Å²) in [5, 5.41) is 5.52. The van der Waals surface area contributed by atoms with E-state index >= 15 is 0 Å². The van der Waals surface area contributed by atoms with E-state index in [9.17, 15) is 4.79 Å². The van der Waals surface area contributed by atoms with Crippen molar-refractivity contribution in [3.63, 3.8) is 0 Å². The molecule has 2 heterocycles. The number of amides is 1. The molecule has 0 bridgehead atoms. The van der Waals surface area contributed by atoms with Gasteiger partial charge in [-0.05, 0) is 26.1 Å². The first-order valence-electron chi connectivity index (χ1n) is 6.45. The van der Waals surface area contributed by atoms with Crippen molar-refractivity contribution in [2.24, 2.45) is 0 Å². The van der Waals surface area contributed by atoms with Crippen LogP contribution < -0.4 is 10.6 Å². The minimum absolute atomic E-state index is 0.210. The Morgan fingerprint density at radius 2 is 2.14 bits per heavy atom. The molecule has 1 amide bonds.